The zero-order valence-corrected chi connectivity index (χ0v) is 16.6. The Morgan fingerprint density at radius 3 is 2.25 bits per heavy atom. The van der Waals surface area contributed by atoms with Gasteiger partial charge in [-0.15, -0.1) is 0 Å². The van der Waals surface area contributed by atoms with Gasteiger partial charge in [0.15, 0.2) is 18.0 Å². The second-order valence-electron chi connectivity index (χ2n) is 7.01. The Bertz CT molecular complexity index is 699. The number of nitrogens with one attached hydrogen (secondary N) is 1. The molecular formula is C18H25NO9. The predicted molar refractivity (Wildman–Crippen MR) is 92.6 cm³/mol. The molecule has 1 aliphatic heterocycles. The average molecular weight is 399 g/mol. The van der Waals surface area contributed by atoms with Crippen molar-refractivity contribution in [2.24, 2.45) is 0 Å². The molecule has 10 heteroatoms. The molecule has 1 fully saturated rings. The largest absolute Gasteiger partial charge is 0.467 e. The highest BCUT2D eigenvalue weighted by Gasteiger charge is 2.55. The third-order valence-electron chi connectivity index (χ3n) is 4.20. The van der Waals surface area contributed by atoms with Gasteiger partial charge in [-0.05, 0) is 26.8 Å². The van der Waals surface area contributed by atoms with Crippen molar-refractivity contribution in [2.75, 3.05) is 7.11 Å². The summed E-state index contributed by atoms with van der Waals surface area (Å²) in [6, 6.07) is -0.912. The Hall–Kier alpha value is -2.46. The van der Waals surface area contributed by atoms with E-state index >= 15 is 0 Å². The number of hydrogen-bond acceptors (Lipinski definition) is 9. The highest BCUT2D eigenvalue weighted by molar-refractivity contribution is 5.97. The van der Waals surface area contributed by atoms with Crippen LogP contribution in [0.1, 0.15) is 34.6 Å². The lowest BCUT2D eigenvalue weighted by molar-refractivity contribution is -0.184. The van der Waals surface area contributed by atoms with Gasteiger partial charge in [-0.1, -0.05) is 0 Å². The highest BCUT2D eigenvalue weighted by atomic mass is 16.8. The van der Waals surface area contributed by atoms with E-state index in [-0.39, 0.29) is 5.57 Å². The van der Waals surface area contributed by atoms with E-state index in [1.165, 1.54) is 34.0 Å². The molecule has 10 nitrogen and oxygen atoms in total. The first-order chi connectivity index (χ1) is 12.9. The van der Waals surface area contributed by atoms with Crippen LogP contribution >= 0.6 is 0 Å². The quantitative estimate of drug-likeness (QED) is 0.501. The Kier molecular flexibility index (Phi) is 6.45. The lowest BCUT2D eigenvalue weighted by Crippen LogP contribution is -2.53. The van der Waals surface area contributed by atoms with Gasteiger partial charge in [-0.2, -0.15) is 0 Å². The van der Waals surface area contributed by atoms with Crippen molar-refractivity contribution in [3.63, 3.8) is 0 Å². The number of carbonyl (C=O) groups excluding carboxylic acids is 4. The van der Waals surface area contributed by atoms with E-state index < -0.39 is 60.1 Å². The number of rotatable bonds is 5. The maximum atomic E-state index is 12.8. The van der Waals surface area contributed by atoms with Crippen LogP contribution in [0.25, 0.3) is 0 Å². The summed E-state index contributed by atoms with van der Waals surface area (Å²) < 4.78 is 26.8. The molecule has 0 bridgehead atoms. The van der Waals surface area contributed by atoms with Crippen molar-refractivity contribution < 1.29 is 42.9 Å². The fourth-order valence-electron chi connectivity index (χ4n) is 3.16. The number of hydrogen-bond donors (Lipinski definition) is 1. The zero-order chi connectivity index (χ0) is 21.2. The fraction of sp³-hybridized carbons (Fsp3) is 0.667. The van der Waals surface area contributed by atoms with Crippen LogP contribution in [0.3, 0.4) is 0 Å². The van der Waals surface area contributed by atoms with Crippen molar-refractivity contribution in [1.82, 2.24) is 5.32 Å². The van der Waals surface area contributed by atoms with Gasteiger partial charge in [0.05, 0.1) is 7.11 Å². The molecule has 0 aromatic heterocycles. The van der Waals surface area contributed by atoms with E-state index in [1.54, 1.807) is 13.8 Å². The van der Waals surface area contributed by atoms with Crippen molar-refractivity contribution in [3.05, 3.63) is 11.6 Å². The summed E-state index contributed by atoms with van der Waals surface area (Å²) >= 11 is 0. The molecule has 2 aliphatic rings. The van der Waals surface area contributed by atoms with Gasteiger partial charge in [0.1, 0.15) is 18.2 Å². The molecule has 0 unspecified atom stereocenters. The first-order valence-corrected chi connectivity index (χ1v) is 8.75. The Morgan fingerprint density at radius 2 is 1.71 bits per heavy atom. The molecule has 0 aromatic rings. The maximum Gasteiger partial charge on any atom is 0.328 e. The van der Waals surface area contributed by atoms with E-state index in [0.717, 1.165) is 0 Å². The predicted octanol–water partition coefficient (Wildman–Crippen LogP) is -0.0124. The lowest BCUT2D eigenvalue weighted by atomic mass is 9.88. The molecule has 28 heavy (non-hydrogen) atoms. The number of methoxy groups -OCH3 is 1. The molecule has 1 heterocycles. The van der Waals surface area contributed by atoms with Crippen molar-refractivity contribution in [3.8, 4) is 0 Å². The van der Waals surface area contributed by atoms with Crippen molar-refractivity contribution >= 4 is 23.8 Å². The molecular weight excluding hydrogens is 374 g/mol. The minimum absolute atomic E-state index is 0.0981. The number of esters is 3. The van der Waals surface area contributed by atoms with Crippen LogP contribution in [0, 0.1) is 0 Å². The van der Waals surface area contributed by atoms with Crippen LogP contribution in [-0.4, -0.2) is 67.2 Å². The van der Waals surface area contributed by atoms with Gasteiger partial charge in [0, 0.05) is 19.4 Å². The van der Waals surface area contributed by atoms with Crippen LogP contribution in [0.15, 0.2) is 11.6 Å². The van der Waals surface area contributed by atoms with Gasteiger partial charge >= 0.3 is 17.9 Å². The number of fused-ring (bicyclic) bond motifs is 1. The molecule has 0 spiro atoms. The van der Waals surface area contributed by atoms with Gasteiger partial charge < -0.3 is 29.0 Å². The molecule has 1 N–H and O–H groups in total. The van der Waals surface area contributed by atoms with Crippen LogP contribution < -0.4 is 5.32 Å². The van der Waals surface area contributed by atoms with Gasteiger partial charge in [-0.25, -0.2) is 4.79 Å². The number of ether oxygens (including phenoxy) is 5. The summed E-state index contributed by atoms with van der Waals surface area (Å²) in [5.41, 5.74) is 0.0981. The summed E-state index contributed by atoms with van der Waals surface area (Å²) in [4.78, 5) is 47.4. The first kappa shape index (κ1) is 21.8. The zero-order valence-electron chi connectivity index (χ0n) is 16.6. The minimum Gasteiger partial charge on any atom is -0.467 e. The molecule has 2 rings (SSSR count). The van der Waals surface area contributed by atoms with Crippen LogP contribution in [-0.2, 0) is 42.9 Å². The molecule has 1 aliphatic carbocycles. The summed E-state index contributed by atoms with van der Waals surface area (Å²) in [5.74, 6) is -3.55. The van der Waals surface area contributed by atoms with E-state index in [0.29, 0.717) is 0 Å². The smallest absolute Gasteiger partial charge is 0.328 e. The normalized spacial score (nSPS) is 29.0. The minimum atomic E-state index is -1.08. The van der Waals surface area contributed by atoms with Crippen molar-refractivity contribution in [1.29, 1.82) is 0 Å². The molecule has 156 valence electrons. The number of amides is 1. The van der Waals surface area contributed by atoms with E-state index in [2.05, 4.69) is 10.1 Å². The molecule has 0 saturated carbocycles. The summed E-state index contributed by atoms with van der Waals surface area (Å²) in [5, 5.41) is 2.50. The third kappa shape index (κ3) is 4.87. The second kappa shape index (κ2) is 8.27. The molecule has 0 aromatic carbocycles. The Labute approximate surface area is 162 Å². The average Bonchev–Trinajstić information content (AvgIpc) is 2.90. The van der Waals surface area contributed by atoms with E-state index in [4.69, 9.17) is 18.9 Å². The van der Waals surface area contributed by atoms with Gasteiger partial charge in [0.25, 0.3) is 0 Å². The Morgan fingerprint density at radius 1 is 1.11 bits per heavy atom. The van der Waals surface area contributed by atoms with Crippen LogP contribution in [0.5, 0.6) is 0 Å². The molecule has 1 amide bonds. The SMILES string of the molecule is COC(=O)[C@H](C)NC(=O)C1=C[C@@H](OC(C)=O)[C@@H](OC(C)=O)[C@@H]2OC(C)(C)O[C@H]12. The Balaban J connectivity index is 2.39. The van der Waals surface area contributed by atoms with E-state index in [1.807, 2.05) is 0 Å². The molecule has 5 atom stereocenters. The van der Waals surface area contributed by atoms with Crippen LogP contribution in [0.2, 0.25) is 0 Å². The van der Waals surface area contributed by atoms with E-state index in [9.17, 15) is 19.2 Å². The molecule has 0 radical (unpaired) electrons. The molecule has 1 saturated heterocycles. The fourth-order valence-corrected chi connectivity index (χ4v) is 3.16. The standard InChI is InChI=1S/C18H25NO9/c1-8(17(23)24-6)19-16(22)11-7-12(25-9(2)20)14(26-10(3)21)15-13(11)27-18(4,5)28-15/h7-8,12-15H,1-6H3,(H,19,22)/t8-,12+,13+,14+,15+/m0/s1. The highest BCUT2D eigenvalue weighted by Crippen LogP contribution is 2.39. The van der Waals surface area contributed by atoms with Crippen molar-refractivity contribution in [2.45, 2.75) is 70.9 Å². The first-order valence-electron chi connectivity index (χ1n) is 8.75. The van der Waals surface area contributed by atoms with Crippen LogP contribution in [0.4, 0.5) is 0 Å². The van der Waals surface area contributed by atoms with Gasteiger partial charge in [0.2, 0.25) is 5.91 Å². The maximum absolute atomic E-state index is 12.8. The summed E-state index contributed by atoms with van der Waals surface area (Å²) in [6.45, 7) is 7.16. The lowest BCUT2D eigenvalue weighted by Gasteiger charge is -2.35. The second-order valence-corrected chi connectivity index (χ2v) is 7.01. The third-order valence-corrected chi connectivity index (χ3v) is 4.20. The topological polar surface area (TPSA) is 126 Å². The monoisotopic (exact) mass is 399 g/mol. The number of carbonyl (C=O) groups is 4. The summed E-state index contributed by atoms with van der Waals surface area (Å²) in [7, 11) is 1.21. The van der Waals surface area contributed by atoms with Gasteiger partial charge in [-0.3, -0.25) is 14.4 Å². The summed E-state index contributed by atoms with van der Waals surface area (Å²) in [6.07, 6.45) is -2.49.